The second kappa shape index (κ2) is 8.71. The first-order chi connectivity index (χ1) is 15.0. The van der Waals surface area contributed by atoms with Crippen LogP contribution in [-0.4, -0.2) is 28.0 Å². The molecule has 7 heteroatoms. The van der Waals surface area contributed by atoms with Crippen LogP contribution in [-0.2, 0) is 0 Å². The number of halogens is 1. The molecule has 0 bridgehead atoms. The van der Waals surface area contributed by atoms with E-state index >= 15 is 0 Å². The number of hydrogen-bond donors (Lipinski definition) is 1. The van der Waals surface area contributed by atoms with Crippen molar-refractivity contribution in [3.8, 4) is 28.4 Å². The summed E-state index contributed by atoms with van der Waals surface area (Å²) in [5, 5.41) is 2.89. The Morgan fingerprint density at radius 1 is 1.00 bits per heavy atom. The van der Waals surface area contributed by atoms with Crippen molar-refractivity contribution < 1.29 is 13.9 Å². The Labute approximate surface area is 178 Å². The molecule has 31 heavy (non-hydrogen) atoms. The quantitative estimate of drug-likeness (QED) is 0.502. The molecule has 0 aliphatic carbocycles. The maximum absolute atomic E-state index is 13.3. The smallest absolute Gasteiger partial charge is 0.259 e. The second-order valence-corrected chi connectivity index (χ2v) is 6.86. The Bertz CT molecular complexity index is 1230. The Balaban J connectivity index is 1.77. The van der Waals surface area contributed by atoms with E-state index in [0.29, 0.717) is 39.6 Å². The third kappa shape index (κ3) is 4.40. The van der Waals surface area contributed by atoms with Gasteiger partial charge < -0.3 is 10.1 Å². The number of amides is 1. The SMILES string of the molecule is COc1ccc(C)cc1NC(=O)c1cnc(-c2ccc(F)cc2)nc1-c1ccncc1. The first kappa shape index (κ1) is 20.2. The summed E-state index contributed by atoms with van der Waals surface area (Å²) in [5.74, 6) is 0.215. The van der Waals surface area contributed by atoms with Gasteiger partial charge in [-0.05, 0) is 61.0 Å². The summed E-state index contributed by atoms with van der Waals surface area (Å²) in [6, 6.07) is 14.9. The van der Waals surface area contributed by atoms with Gasteiger partial charge in [-0.25, -0.2) is 14.4 Å². The highest BCUT2D eigenvalue weighted by molar-refractivity contribution is 6.08. The summed E-state index contributed by atoms with van der Waals surface area (Å²) in [6.45, 7) is 1.93. The number of nitrogens with one attached hydrogen (secondary N) is 1. The normalized spacial score (nSPS) is 10.5. The first-order valence-corrected chi connectivity index (χ1v) is 9.54. The molecule has 0 spiro atoms. The van der Waals surface area contributed by atoms with Gasteiger partial charge >= 0.3 is 0 Å². The predicted molar refractivity (Wildman–Crippen MR) is 116 cm³/mol. The molecule has 0 unspecified atom stereocenters. The molecule has 0 saturated heterocycles. The van der Waals surface area contributed by atoms with Gasteiger partial charge in [0.15, 0.2) is 5.82 Å². The molecular formula is C24H19FN4O2. The van der Waals surface area contributed by atoms with E-state index in [-0.39, 0.29) is 11.7 Å². The van der Waals surface area contributed by atoms with E-state index in [9.17, 15) is 9.18 Å². The summed E-state index contributed by atoms with van der Waals surface area (Å²) < 4.78 is 18.7. The minimum atomic E-state index is -0.374. The summed E-state index contributed by atoms with van der Waals surface area (Å²) >= 11 is 0. The monoisotopic (exact) mass is 414 g/mol. The van der Waals surface area contributed by atoms with Gasteiger partial charge in [-0.1, -0.05) is 6.07 Å². The van der Waals surface area contributed by atoms with E-state index in [2.05, 4.69) is 20.3 Å². The summed E-state index contributed by atoms with van der Waals surface area (Å²) in [5.41, 5.74) is 3.62. The lowest BCUT2D eigenvalue weighted by Crippen LogP contribution is -2.15. The molecule has 6 nitrogen and oxygen atoms in total. The summed E-state index contributed by atoms with van der Waals surface area (Å²) in [6.07, 6.45) is 4.72. The van der Waals surface area contributed by atoms with Crippen molar-refractivity contribution in [3.05, 3.63) is 90.1 Å². The minimum Gasteiger partial charge on any atom is -0.495 e. The van der Waals surface area contributed by atoms with E-state index in [0.717, 1.165) is 5.56 Å². The highest BCUT2D eigenvalue weighted by Crippen LogP contribution is 2.28. The number of methoxy groups -OCH3 is 1. The summed E-state index contributed by atoms with van der Waals surface area (Å²) in [7, 11) is 1.54. The maximum Gasteiger partial charge on any atom is 0.259 e. The van der Waals surface area contributed by atoms with Gasteiger partial charge in [0.05, 0.1) is 24.1 Å². The molecule has 0 radical (unpaired) electrons. The molecule has 0 saturated carbocycles. The molecule has 0 aliphatic heterocycles. The predicted octanol–water partition coefficient (Wildman–Crippen LogP) is 4.91. The maximum atomic E-state index is 13.3. The van der Waals surface area contributed by atoms with Crippen LogP contribution in [0.15, 0.2) is 73.2 Å². The van der Waals surface area contributed by atoms with Crippen molar-refractivity contribution in [3.63, 3.8) is 0 Å². The zero-order valence-corrected chi connectivity index (χ0v) is 17.0. The number of ether oxygens (including phenoxy) is 1. The number of carbonyl (C=O) groups excluding carboxylic acids is 1. The van der Waals surface area contributed by atoms with E-state index in [1.165, 1.54) is 18.3 Å². The largest absolute Gasteiger partial charge is 0.495 e. The van der Waals surface area contributed by atoms with E-state index in [1.54, 1.807) is 49.8 Å². The fourth-order valence-corrected chi connectivity index (χ4v) is 3.13. The highest BCUT2D eigenvalue weighted by atomic mass is 19.1. The molecule has 0 aliphatic rings. The van der Waals surface area contributed by atoms with E-state index < -0.39 is 0 Å². The van der Waals surface area contributed by atoms with Crippen LogP contribution in [0.3, 0.4) is 0 Å². The van der Waals surface area contributed by atoms with E-state index in [4.69, 9.17) is 4.74 Å². The van der Waals surface area contributed by atoms with Crippen LogP contribution in [0.5, 0.6) is 5.75 Å². The molecule has 0 fully saturated rings. The van der Waals surface area contributed by atoms with Crippen molar-refractivity contribution in [2.24, 2.45) is 0 Å². The number of aryl methyl sites for hydroxylation is 1. The molecule has 0 atom stereocenters. The van der Waals surface area contributed by atoms with Crippen LogP contribution in [0.25, 0.3) is 22.6 Å². The van der Waals surface area contributed by atoms with Gasteiger partial charge in [0.1, 0.15) is 11.6 Å². The topological polar surface area (TPSA) is 77.0 Å². The van der Waals surface area contributed by atoms with Crippen LogP contribution in [0.4, 0.5) is 10.1 Å². The molecular weight excluding hydrogens is 395 g/mol. The number of rotatable bonds is 5. The number of pyridine rings is 1. The number of nitrogens with zero attached hydrogens (tertiary/aromatic N) is 3. The van der Waals surface area contributed by atoms with Crippen molar-refractivity contribution >= 4 is 11.6 Å². The van der Waals surface area contributed by atoms with Gasteiger partial charge in [0.25, 0.3) is 5.91 Å². The van der Waals surface area contributed by atoms with Gasteiger partial charge in [0.2, 0.25) is 0 Å². The number of aromatic nitrogens is 3. The van der Waals surface area contributed by atoms with Gasteiger partial charge in [-0.3, -0.25) is 9.78 Å². The average molecular weight is 414 g/mol. The Morgan fingerprint density at radius 2 is 1.74 bits per heavy atom. The molecule has 2 heterocycles. The van der Waals surface area contributed by atoms with Crippen LogP contribution in [0.1, 0.15) is 15.9 Å². The number of hydrogen-bond acceptors (Lipinski definition) is 5. The third-order valence-corrected chi connectivity index (χ3v) is 4.69. The van der Waals surface area contributed by atoms with Crippen molar-refractivity contribution in [1.82, 2.24) is 15.0 Å². The number of benzene rings is 2. The van der Waals surface area contributed by atoms with Gasteiger partial charge in [-0.2, -0.15) is 0 Å². The van der Waals surface area contributed by atoms with Crippen LogP contribution >= 0.6 is 0 Å². The standard InChI is InChI=1S/C24H19FN4O2/c1-15-3-8-21(31-2)20(13-15)28-24(30)19-14-27-23(17-4-6-18(25)7-5-17)29-22(19)16-9-11-26-12-10-16/h3-14H,1-2H3,(H,28,30). The lowest BCUT2D eigenvalue weighted by Gasteiger charge is -2.13. The molecule has 4 rings (SSSR count). The molecule has 1 amide bonds. The van der Waals surface area contributed by atoms with Crippen LogP contribution in [0, 0.1) is 12.7 Å². The zero-order chi connectivity index (χ0) is 21.8. The lowest BCUT2D eigenvalue weighted by molar-refractivity contribution is 0.102. The Kier molecular flexibility index (Phi) is 5.66. The fourth-order valence-electron chi connectivity index (χ4n) is 3.13. The van der Waals surface area contributed by atoms with Gasteiger partial charge in [-0.15, -0.1) is 0 Å². The third-order valence-electron chi connectivity index (χ3n) is 4.69. The van der Waals surface area contributed by atoms with Crippen molar-refractivity contribution in [2.45, 2.75) is 6.92 Å². The van der Waals surface area contributed by atoms with Crippen molar-refractivity contribution in [1.29, 1.82) is 0 Å². The minimum absolute atomic E-state index is 0.292. The molecule has 2 aromatic heterocycles. The van der Waals surface area contributed by atoms with E-state index in [1.807, 2.05) is 19.1 Å². The Hall–Kier alpha value is -4.13. The lowest BCUT2D eigenvalue weighted by atomic mass is 10.1. The average Bonchev–Trinajstić information content (AvgIpc) is 2.80. The highest BCUT2D eigenvalue weighted by Gasteiger charge is 2.18. The molecule has 4 aromatic rings. The van der Waals surface area contributed by atoms with Crippen molar-refractivity contribution in [2.75, 3.05) is 12.4 Å². The van der Waals surface area contributed by atoms with Crippen LogP contribution < -0.4 is 10.1 Å². The first-order valence-electron chi connectivity index (χ1n) is 9.54. The number of anilines is 1. The molecule has 154 valence electrons. The molecule has 1 N–H and O–H groups in total. The zero-order valence-electron chi connectivity index (χ0n) is 17.0. The van der Waals surface area contributed by atoms with Crippen LogP contribution in [0.2, 0.25) is 0 Å². The van der Waals surface area contributed by atoms with Gasteiger partial charge in [0, 0.05) is 29.7 Å². The summed E-state index contributed by atoms with van der Waals surface area (Å²) in [4.78, 5) is 26.2. The second-order valence-electron chi connectivity index (χ2n) is 6.86. The molecule has 2 aromatic carbocycles. The fraction of sp³-hybridized carbons (Fsp3) is 0.0833. The Morgan fingerprint density at radius 3 is 2.45 bits per heavy atom. The number of carbonyl (C=O) groups is 1.